The normalized spacial score (nSPS) is 26.2. The van der Waals surface area contributed by atoms with Crippen molar-refractivity contribution in [1.29, 1.82) is 0 Å². The van der Waals surface area contributed by atoms with E-state index in [1.54, 1.807) is 0 Å². The average molecular weight is 381 g/mol. The molecule has 28 heavy (non-hydrogen) atoms. The molecule has 0 radical (unpaired) electrons. The summed E-state index contributed by atoms with van der Waals surface area (Å²) in [5.41, 5.74) is 6.11. The van der Waals surface area contributed by atoms with Gasteiger partial charge >= 0.3 is 0 Å². The standard InChI is InChI=1S/C26H22OP/c1-19-24(21-14-8-4-9-15-21)28(27)18-26(19,2)23(20-12-6-3-7-13-20)25(28)22-16-10-5-11-17-22/h3-17H,1,18H2,2H3/q-1. The largest absolute Gasteiger partial charge is 0.323 e. The van der Waals surface area contributed by atoms with Gasteiger partial charge < -0.3 is 4.57 Å². The van der Waals surface area contributed by atoms with E-state index < -0.39 is 7.14 Å². The topological polar surface area (TPSA) is 17.1 Å². The van der Waals surface area contributed by atoms with Gasteiger partial charge in [0, 0.05) is 16.9 Å². The van der Waals surface area contributed by atoms with Crippen molar-refractivity contribution in [2.45, 2.75) is 6.92 Å². The molecule has 2 unspecified atom stereocenters. The van der Waals surface area contributed by atoms with Crippen LogP contribution in [0.2, 0.25) is 0 Å². The van der Waals surface area contributed by atoms with Gasteiger partial charge in [-0.25, -0.2) is 0 Å². The van der Waals surface area contributed by atoms with E-state index in [0.717, 1.165) is 33.2 Å². The summed E-state index contributed by atoms with van der Waals surface area (Å²) in [6.45, 7) is 6.69. The molecule has 2 heterocycles. The third-order valence-electron chi connectivity index (χ3n) is 6.16. The summed E-state index contributed by atoms with van der Waals surface area (Å²) in [5, 5.41) is 1.02. The maximum atomic E-state index is 14.7. The molecule has 2 aliphatic heterocycles. The van der Waals surface area contributed by atoms with E-state index in [1.165, 1.54) is 5.57 Å². The summed E-state index contributed by atoms with van der Waals surface area (Å²) in [4.78, 5) is 0. The minimum atomic E-state index is -2.79. The number of rotatable bonds is 3. The molecule has 2 atom stereocenters. The summed E-state index contributed by atoms with van der Waals surface area (Å²) >= 11 is 0. The van der Waals surface area contributed by atoms with E-state index in [4.69, 9.17) is 0 Å². The second kappa shape index (κ2) is 6.12. The van der Waals surface area contributed by atoms with Crippen LogP contribution in [0.1, 0.15) is 23.6 Å². The van der Waals surface area contributed by atoms with Crippen molar-refractivity contribution in [1.82, 2.24) is 0 Å². The predicted molar refractivity (Wildman–Crippen MR) is 118 cm³/mol. The second-order valence-corrected chi connectivity index (χ2v) is 10.6. The van der Waals surface area contributed by atoms with Crippen LogP contribution >= 0.6 is 7.14 Å². The van der Waals surface area contributed by atoms with Gasteiger partial charge in [-0.3, -0.25) is 0 Å². The smallest absolute Gasteiger partial charge is 0.109 e. The van der Waals surface area contributed by atoms with Gasteiger partial charge in [-0.05, 0) is 16.7 Å². The first-order chi connectivity index (χ1) is 13.6. The van der Waals surface area contributed by atoms with Crippen LogP contribution in [0.15, 0.2) is 103 Å². The van der Waals surface area contributed by atoms with Crippen LogP contribution in [0.4, 0.5) is 0 Å². The Balaban J connectivity index is 1.83. The van der Waals surface area contributed by atoms with Crippen molar-refractivity contribution >= 4 is 18.0 Å². The maximum Gasteiger partial charge on any atom is 0.109 e. The van der Waals surface area contributed by atoms with Crippen molar-refractivity contribution in [3.05, 3.63) is 125 Å². The van der Waals surface area contributed by atoms with Crippen LogP contribution < -0.4 is 0 Å². The molecule has 1 nitrogen and oxygen atoms in total. The molecule has 0 spiro atoms. The van der Waals surface area contributed by atoms with Crippen LogP contribution in [-0.4, -0.2) is 6.16 Å². The van der Waals surface area contributed by atoms with Crippen LogP contribution in [0.3, 0.4) is 0 Å². The highest BCUT2D eigenvalue weighted by Crippen LogP contribution is 2.86. The summed E-state index contributed by atoms with van der Waals surface area (Å²) in [7, 11) is -2.79. The van der Waals surface area contributed by atoms with Crippen molar-refractivity contribution in [3.8, 4) is 0 Å². The lowest BCUT2D eigenvalue weighted by Crippen LogP contribution is -2.20. The van der Waals surface area contributed by atoms with Crippen molar-refractivity contribution in [2.24, 2.45) is 5.41 Å². The molecule has 0 N–H and O–H groups in total. The zero-order valence-electron chi connectivity index (χ0n) is 15.9. The first-order valence-corrected chi connectivity index (χ1v) is 11.5. The van der Waals surface area contributed by atoms with E-state index in [9.17, 15) is 4.57 Å². The molecule has 0 amide bonds. The van der Waals surface area contributed by atoms with Gasteiger partial charge in [-0.15, -0.1) is 35.4 Å². The van der Waals surface area contributed by atoms with Crippen molar-refractivity contribution < 1.29 is 4.57 Å². The summed E-state index contributed by atoms with van der Waals surface area (Å²) < 4.78 is 14.7. The molecule has 0 aliphatic carbocycles. The van der Waals surface area contributed by atoms with Crippen LogP contribution in [0.5, 0.6) is 0 Å². The SMILES string of the molecule is C=C1[C-](c2ccccc2)P2(=O)CC1(C)C(c1ccccc1)=C2c1ccccc1. The molecule has 5 rings (SSSR count). The lowest BCUT2D eigenvalue weighted by atomic mass is 9.72. The van der Waals surface area contributed by atoms with E-state index >= 15 is 0 Å². The predicted octanol–water partition coefficient (Wildman–Crippen LogP) is 7.09. The van der Waals surface area contributed by atoms with Gasteiger partial charge in [0.25, 0.3) is 0 Å². The molecular formula is C26H22OP-. The Morgan fingerprint density at radius 2 is 1.32 bits per heavy atom. The molecule has 2 aliphatic rings. The molecule has 2 bridgehead atoms. The van der Waals surface area contributed by atoms with Crippen LogP contribution in [0.25, 0.3) is 10.9 Å². The second-order valence-electron chi connectivity index (χ2n) is 7.88. The fraction of sp³-hybridized carbons (Fsp3) is 0.115. The highest BCUT2D eigenvalue weighted by molar-refractivity contribution is 7.79. The first-order valence-electron chi connectivity index (χ1n) is 9.64. The highest BCUT2D eigenvalue weighted by Gasteiger charge is 2.59. The summed E-state index contributed by atoms with van der Waals surface area (Å²) in [6.07, 6.45) is 0.636. The Morgan fingerprint density at radius 3 is 1.89 bits per heavy atom. The number of allylic oxidation sites excluding steroid dienone is 2. The van der Waals surface area contributed by atoms with Gasteiger partial charge in [-0.1, -0.05) is 79.3 Å². The van der Waals surface area contributed by atoms with E-state index in [1.807, 2.05) is 42.5 Å². The molecule has 0 saturated carbocycles. The Kier molecular flexibility index (Phi) is 3.79. The Morgan fingerprint density at radius 1 is 0.821 bits per heavy atom. The van der Waals surface area contributed by atoms with Crippen molar-refractivity contribution in [3.63, 3.8) is 0 Å². The fourth-order valence-corrected chi connectivity index (χ4v) is 9.28. The zero-order chi connectivity index (χ0) is 19.4. The monoisotopic (exact) mass is 381 g/mol. The minimum Gasteiger partial charge on any atom is -0.323 e. The fourth-order valence-electron chi connectivity index (χ4n) is 4.95. The number of hydrogen-bond acceptors (Lipinski definition) is 1. The van der Waals surface area contributed by atoms with Gasteiger partial charge in [0.05, 0.1) is 0 Å². The molecule has 1 fully saturated rings. The number of hydrogen-bond donors (Lipinski definition) is 0. The van der Waals surface area contributed by atoms with Gasteiger partial charge in [0.1, 0.15) is 7.14 Å². The highest BCUT2D eigenvalue weighted by atomic mass is 31.2. The molecule has 138 valence electrons. The average Bonchev–Trinajstić information content (AvgIpc) is 3.10. The lowest BCUT2D eigenvalue weighted by molar-refractivity contribution is 0.581. The van der Waals surface area contributed by atoms with Crippen molar-refractivity contribution in [2.75, 3.05) is 6.16 Å². The van der Waals surface area contributed by atoms with Crippen LogP contribution in [-0.2, 0) is 4.57 Å². The Labute approximate surface area is 166 Å². The molecule has 3 aromatic rings. The minimum absolute atomic E-state index is 0.312. The Bertz CT molecular complexity index is 1130. The van der Waals surface area contributed by atoms with Gasteiger partial charge in [0.15, 0.2) is 0 Å². The van der Waals surface area contributed by atoms with Gasteiger partial charge in [-0.2, -0.15) is 6.58 Å². The van der Waals surface area contributed by atoms with E-state index in [2.05, 4.69) is 62.0 Å². The van der Waals surface area contributed by atoms with Crippen LogP contribution in [0, 0.1) is 11.1 Å². The third kappa shape index (κ3) is 2.26. The molecule has 3 aromatic carbocycles. The summed E-state index contributed by atoms with van der Waals surface area (Å²) in [6, 6.07) is 30.8. The Hall–Kier alpha value is -2.76. The zero-order valence-corrected chi connectivity index (χ0v) is 16.8. The van der Waals surface area contributed by atoms with Gasteiger partial charge in [0.2, 0.25) is 0 Å². The molecular weight excluding hydrogens is 359 g/mol. The first kappa shape index (κ1) is 17.3. The van der Waals surface area contributed by atoms with E-state index in [0.29, 0.717) is 6.16 Å². The maximum absolute atomic E-state index is 14.7. The molecule has 2 heteroatoms. The van der Waals surface area contributed by atoms with E-state index in [-0.39, 0.29) is 5.41 Å². The lowest BCUT2D eigenvalue weighted by Gasteiger charge is -2.39. The quantitative estimate of drug-likeness (QED) is 0.350. The summed E-state index contributed by atoms with van der Waals surface area (Å²) in [5.74, 6) is 0. The molecule has 1 saturated heterocycles. The number of fused-ring (bicyclic) bond motifs is 2. The number of benzene rings is 3. The molecule has 0 aromatic heterocycles. The third-order valence-corrected chi connectivity index (χ3v) is 9.69.